The molecule has 0 saturated heterocycles. The van der Waals surface area contributed by atoms with Gasteiger partial charge in [0.15, 0.2) is 6.29 Å². The zero-order chi connectivity index (χ0) is 11.5. The van der Waals surface area contributed by atoms with Crippen molar-refractivity contribution in [1.29, 1.82) is 0 Å². The van der Waals surface area contributed by atoms with Crippen molar-refractivity contribution in [2.24, 2.45) is 5.73 Å². The van der Waals surface area contributed by atoms with Gasteiger partial charge in [0.2, 0.25) is 0 Å². The van der Waals surface area contributed by atoms with Crippen LogP contribution in [0.5, 0.6) is 0 Å². The Balaban J connectivity index is 2.45. The molecule has 6 nitrogen and oxygen atoms in total. The number of aromatic nitrogens is 2. The first-order chi connectivity index (χ1) is 6.88. The van der Waals surface area contributed by atoms with E-state index >= 15 is 0 Å². The SMILES string of the molecule is CC(C)(C)OC(=O)NC(N)n1cccn1. The molecule has 1 unspecified atom stereocenters. The standard InChI is InChI=1S/C9H16N4O2/c1-9(2,3)15-8(14)12-7(10)13-6-4-5-11-13/h4-7H,10H2,1-3H3,(H,12,14). The van der Waals surface area contributed by atoms with Crippen molar-refractivity contribution in [1.82, 2.24) is 15.1 Å². The molecule has 0 fully saturated rings. The average Bonchev–Trinajstić information content (AvgIpc) is 2.50. The molecule has 1 aromatic heterocycles. The molecule has 1 rings (SSSR count). The maximum absolute atomic E-state index is 11.3. The molecule has 6 heteroatoms. The van der Waals surface area contributed by atoms with Gasteiger partial charge in [-0.05, 0) is 26.8 Å². The summed E-state index contributed by atoms with van der Waals surface area (Å²) in [5, 5.41) is 6.34. The second-order valence-corrected chi connectivity index (χ2v) is 4.08. The molecule has 0 bridgehead atoms. The number of hydrogen-bond donors (Lipinski definition) is 2. The number of nitrogens with one attached hydrogen (secondary N) is 1. The predicted molar refractivity (Wildman–Crippen MR) is 54.8 cm³/mol. The van der Waals surface area contributed by atoms with E-state index in [1.807, 2.05) is 0 Å². The fourth-order valence-electron chi connectivity index (χ4n) is 0.940. The molecule has 0 aliphatic heterocycles. The zero-order valence-corrected chi connectivity index (χ0v) is 9.10. The average molecular weight is 212 g/mol. The Morgan fingerprint density at radius 2 is 2.27 bits per heavy atom. The van der Waals surface area contributed by atoms with Crippen molar-refractivity contribution in [2.75, 3.05) is 0 Å². The van der Waals surface area contributed by atoms with Crippen molar-refractivity contribution in [3.8, 4) is 0 Å². The van der Waals surface area contributed by atoms with E-state index in [1.165, 1.54) is 4.68 Å². The van der Waals surface area contributed by atoms with Gasteiger partial charge in [-0.25, -0.2) is 9.48 Å². The van der Waals surface area contributed by atoms with Gasteiger partial charge in [-0.15, -0.1) is 0 Å². The van der Waals surface area contributed by atoms with Gasteiger partial charge in [-0.2, -0.15) is 5.10 Å². The van der Waals surface area contributed by atoms with Crippen LogP contribution in [0.15, 0.2) is 18.5 Å². The minimum absolute atomic E-state index is 0.534. The van der Waals surface area contributed by atoms with Crippen LogP contribution < -0.4 is 11.1 Å². The zero-order valence-electron chi connectivity index (χ0n) is 9.10. The second kappa shape index (κ2) is 4.31. The Morgan fingerprint density at radius 3 is 2.73 bits per heavy atom. The molecule has 1 aromatic rings. The summed E-state index contributed by atoms with van der Waals surface area (Å²) < 4.78 is 6.46. The highest BCUT2D eigenvalue weighted by Crippen LogP contribution is 2.07. The van der Waals surface area contributed by atoms with E-state index in [1.54, 1.807) is 39.2 Å². The van der Waals surface area contributed by atoms with E-state index in [0.29, 0.717) is 0 Å². The van der Waals surface area contributed by atoms with E-state index in [4.69, 9.17) is 10.5 Å². The summed E-state index contributed by atoms with van der Waals surface area (Å²) in [6, 6.07) is 1.72. The minimum Gasteiger partial charge on any atom is -0.444 e. The van der Waals surface area contributed by atoms with Crippen LogP contribution in [0.1, 0.15) is 27.1 Å². The summed E-state index contributed by atoms with van der Waals surface area (Å²) in [4.78, 5) is 11.3. The third kappa shape index (κ3) is 3.99. The van der Waals surface area contributed by atoms with Gasteiger partial charge in [0, 0.05) is 12.4 Å². The van der Waals surface area contributed by atoms with E-state index in [9.17, 15) is 4.79 Å². The van der Waals surface area contributed by atoms with Gasteiger partial charge >= 0.3 is 6.09 Å². The lowest BCUT2D eigenvalue weighted by atomic mass is 10.2. The third-order valence-corrected chi connectivity index (χ3v) is 1.47. The highest BCUT2D eigenvalue weighted by atomic mass is 16.6. The summed E-state index contributed by atoms with van der Waals surface area (Å²) in [7, 11) is 0. The minimum atomic E-state index is -0.713. The molecular formula is C9H16N4O2. The van der Waals surface area contributed by atoms with Crippen LogP contribution in [0.4, 0.5) is 4.79 Å². The van der Waals surface area contributed by atoms with E-state index in [-0.39, 0.29) is 0 Å². The van der Waals surface area contributed by atoms with Crippen molar-refractivity contribution < 1.29 is 9.53 Å². The molecule has 0 aromatic carbocycles. The quantitative estimate of drug-likeness (QED) is 0.711. The van der Waals surface area contributed by atoms with E-state index in [2.05, 4.69) is 10.4 Å². The van der Waals surface area contributed by atoms with Gasteiger partial charge in [0.1, 0.15) is 5.60 Å². The fraction of sp³-hybridized carbons (Fsp3) is 0.556. The smallest absolute Gasteiger partial charge is 0.410 e. The molecule has 84 valence electrons. The summed E-state index contributed by atoms with van der Waals surface area (Å²) in [5.74, 6) is 0. The summed E-state index contributed by atoms with van der Waals surface area (Å²) in [6.45, 7) is 5.35. The highest BCUT2D eigenvalue weighted by molar-refractivity contribution is 5.67. The first kappa shape index (κ1) is 11.5. The van der Waals surface area contributed by atoms with Crippen LogP contribution >= 0.6 is 0 Å². The number of alkyl carbamates (subject to hydrolysis) is 1. The molecule has 0 saturated carbocycles. The Hall–Kier alpha value is -1.56. The van der Waals surface area contributed by atoms with E-state index in [0.717, 1.165) is 0 Å². The topological polar surface area (TPSA) is 82.2 Å². The molecule has 1 atom stereocenters. The van der Waals surface area contributed by atoms with Gasteiger partial charge in [0.05, 0.1) is 0 Å². The van der Waals surface area contributed by atoms with Gasteiger partial charge in [-0.1, -0.05) is 0 Å². The summed E-state index contributed by atoms with van der Waals surface area (Å²) >= 11 is 0. The Labute approximate surface area is 88.4 Å². The molecule has 1 amide bonds. The Morgan fingerprint density at radius 1 is 1.60 bits per heavy atom. The van der Waals surface area contributed by atoms with Crippen LogP contribution in [-0.2, 0) is 4.74 Å². The summed E-state index contributed by atoms with van der Waals surface area (Å²) in [6.07, 6.45) is 1.96. The number of carbonyl (C=O) groups is 1. The molecular weight excluding hydrogens is 196 g/mol. The Bertz CT molecular complexity index is 315. The second-order valence-electron chi connectivity index (χ2n) is 4.08. The van der Waals surface area contributed by atoms with Crippen LogP contribution in [0.25, 0.3) is 0 Å². The maximum atomic E-state index is 11.3. The number of amides is 1. The van der Waals surface area contributed by atoms with Gasteiger partial charge in [0.25, 0.3) is 0 Å². The number of nitrogens with two attached hydrogens (primary N) is 1. The largest absolute Gasteiger partial charge is 0.444 e. The van der Waals surface area contributed by atoms with Crippen LogP contribution in [-0.4, -0.2) is 21.5 Å². The van der Waals surface area contributed by atoms with Crippen molar-refractivity contribution in [3.63, 3.8) is 0 Å². The predicted octanol–water partition coefficient (Wildman–Crippen LogP) is 0.823. The Kier molecular flexibility index (Phi) is 3.31. The normalized spacial score (nSPS) is 13.3. The van der Waals surface area contributed by atoms with Crippen molar-refractivity contribution >= 4 is 6.09 Å². The highest BCUT2D eigenvalue weighted by Gasteiger charge is 2.18. The monoisotopic (exact) mass is 212 g/mol. The van der Waals surface area contributed by atoms with Crippen molar-refractivity contribution in [3.05, 3.63) is 18.5 Å². The maximum Gasteiger partial charge on any atom is 0.410 e. The number of ether oxygens (including phenoxy) is 1. The molecule has 0 aliphatic carbocycles. The number of carbonyl (C=O) groups excluding carboxylic acids is 1. The molecule has 0 radical (unpaired) electrons. The van der Waals surface area contributed by atoms with Gasteiger partial charge in [-0.3, -0.25) is 11.1 Å². The molecule has 0 aliphatic rings. The van der Waals surface area contributed by atoms with Crippen LogP contribution in [0, 0.1) is 0 Å². The fourth-order valence-corrected chi connectivity index (χ4v) is 0.940. The molecule has 15 heavy (non-hydrogen) atoms. The molecule has 1 heterocycles. The van der Waals surface area contributed by atoms with Crippen LogP contribution in [0.3, 0.4) is 0 Å². The number of rotatable bonds is 2. The molecule has 0 spiro atoms. The summed E-state index contributed by atoms with van der Waals surface area (Å²) in [5.41, 5.74) is 5.11. The molecule has 3 N–H and O–H groups in total. The first-order valence-corrected chi connectivity index (χ1v) is 4.63. The first-order valence-electron chi connectivity index (χ1n) is 4.63. The van der Waals surface area contributed by atoms with Gasteiger partial charge < -0.3 is 4.74 Å². The lowest BCUT2D eigenvalue weighted by Crippen LogP contribution is -2.41. The van der Waals surface area contributed by atoms with E-state index < -0.39 is 18.0 Å². The lowest BCUT2D eigenvalue weighted by Gasteiger charge is -2.21. The van der Waals surface area contributed by atoms with Crippen molar-refractivity contribution in [2.45, 2.75) is 32.7 Å². The number of hydrogen-bond acceptors (Lipinski definition) is 4. The number of nitrogens with zero attached hydrogens (tertiary/aromatic N) is 2. The van der Waals surface area contributed by atoms with Crippen LogP contribution in [0.2, 0.25) is 0 Å². The third-order valence-electron chi connectivity index (χ3n) is 1.47. The lowest BCUT2D eigenvalue weighted by molar-refractivity contribution is 0.0479.